The van der Waals surface area contributed by atoms with Crippen molar-refractivity contribution in [3.8, 4) is 5.75 Å². The van der Waals surface area contributed by atoms with Crippen molar-refractivity contribution in [3.63, 3.8) is 0 Å². The first-order valence-electron chi connectivity index (χ1n) is 7.21. The lowest BCUT2D eigenvalue weighted by Crippen LogP contribution is -2.27. The molecule has 1 saturated carbocycles. The Balaban J connectivity index is 2.02. The molecule has 0 spiro atoms. The number of benzene rings is 1. The number of carboxylic acids is 1. The van der Waals surface area contributed by atoms with Gasteiger partial charge in [0.2, 0.25) is 5.91 Å². The van der Waals surface area contributed by atoms with Gasteiger partial charge in [-0.25, -0.2) is 0 Å². The third-order valence-corrected chi connectivity index (χ3v) is 4.21. The summed E-state index contributed by atoms with van der Waals surface area (Å²) >= 11 is 0. The average molecular weight is 291 g/mol. The summed E-state index contributed by atoms with van der Waals surface area (Å²) in [4.78, 5) is 23.2. The van der Waals surface area contributed by atoms with Crippen molar-refractivity contribution >= 4 is 17.6 Å². The normalized spacial score (nSPS) is 16.6. The minimum atomic E-state index is -0.842. The standard InChI is InChI=1S/C16H21NO4/c1-11-8-12(4-5-13(11)18)17-14(19)9-16(10-15(20)21)6-2-3-7-16/h4-5,8,18H,2-3,6-7,9-10H2,1H3,(H,17,19)(H,20,21). The Morgan fingerprint density at radius 1 is 1.24 bits per heavy atom. The molecule has 1 aromatic rings. The van der Waals surface area contributed by atoms with Gasteiger partial charge in [0.15, 0.2) is 0 Å². The van der Waals surface area contributed by atoms with Crippen LogP contribution in [-0.4, -0.2) is 22.1 Å². The third-order valence-electron chi connectivity index (χ3n) is 4.21. The SMILES string of the molecule is Cc1cc(NC(=O)CC2(CC(=O)O)CCCC2)ccc1O. The topological polar surface area (TPSA) is 86.6 Å². The largest absolute Gasteiger partial charge is 0.508 e. The minimum absolute atomic E-state index is 0.0506. The van der Waals surface area contributed by atoms with Crippen LogP contribution in [0.15, 0.2) is 18.2 Å². The van der Waals surface area contributed by atoms with E-state index in [1.165, 1.54) is 6.07 Å². The predicted molar refractivity (Wildman–Crippen MR) is 79.2 cm³/mol. The molecule has 2 rings (SSSR count). The molecule has 0 bridgehead atoms. The smallest absolute Gasteiger partial charge is 0.303 e. The van der Waals surface area contributed by atoms with Crippen LogP contribution < -0.4 is 5.32 Å². The molecular formula is C16H21NO4. The second-order valence-corrected chi connectivity index (χ2v) is 6.00. The average Bonchev–Trinajstić information content (AvgIpc) is 2.80. The van der Waals surface area contributed by atoms with Crippen molar-refractivity contribution in [2.24, 2.45) is 5.41 Å². The van der Waals surface area contributed by atoms with Gasteiger partial charge in [-0.3, -0.25) is 9.59 Å². The first-order valence-corrected chi connectivity index (χ1v) is 7.21. The second kappa shape index (κ2) is 6.16. The Labute approximate surface area is 124 Å². The van der Waals surface area contributed by atoms with Crippen molar-refractivity contribution in [1.29, 1.82) is 0 Å². The molecule has 0 aliphatic heterocycles. The maximum Gasteiger partial charge on any atom is 0.303 e. The fourth-order valence-corrected chi connectivity index (χ4v) is 3.14. The van der Waals surface area contributed by atoms with E-state index < -0.39 is 11.4 Å². The van der Waals surface area contributed by atoms with Gasteiger partial charge < -0.3 is 15.5 Å². The second-order valence-electron chi connectivity index (χ2n) is 6.00. The summed E-state index contributed by atoms with van der Waals surface area (Å²) in [5.41, 5.74) is 0.912. The number of carbonyl (C=O) groups is 2. The summed E-state index contributed by atoms with van der Waals surface area (Å²) in [7, 11) is 0. The van der Waals surface area contributed by atoms with Gasteiger partial charge in [-0.05, 0) is 48.9 Å². The van der Waals surface area contributed by atoms with E-state index in [2.05, 4.69) is 5.32 Å². The van der Waals surface area contributed by atoms with Crippen molar-refractivity contribution < 1.29 is 19.8 Å². The molecular weight excluding hydrogens is 270 g/mol. The number of hydrogen-bond acceptors (Lipinski definition) is 3. The lowest BCUT2D eigenvalue weighted by molar-refractivity contribution is -0.140. The van der Waals surface area contributed by atoms with E-state index in [4.69, 9.17) is 5.11 Å². The Hall–Kier alpha value is -2.04. The van der Waals surface area contributed by atoms with Crippen LogP contribution in [0.2, 0.25) is 0 Å². The van der Waals surface area contributed by atoms with Crippen LogP contribution in [0.4, 0.5) is 5.69 Å². The molecule has 114 valence electrons. The highest BCUT2D eigenvalue weighted by atomic mass is 16.4. The Morgan fingerprint density at radius 2 is 1.90 bits per heavy atom. The summed E-state index contributed by atoms with van der Waals surface area (Å²) in [6.45, 7) is 1.76. The fourth-order valence-electron chi connectivity index (χ4n) is 3.14. The van der Waals surface area contributed by atoms with Gasteiger partial charge >= 0.3 is 5.97 Å². The van der Waals surface area contributed by atoms with Crippen molar-refractivity contribution in [1.82, 2.24) is 0 Å². The maximum atomic E-state index is 12.2. The van der Waals surface area contributed by atoms with Gasteiger partial charge in [-0.2, -0.15) is 0 Å². The highest BCUT2D eigenvalue weighted by molar-refractivity contribution is 5.91. The number of aryl methyl sites for hydroxylation is 1. The summed E-state index contributed by atoms with van der Waals surface area (Å²) in [6.07, 6.45) is 3.84. The number of nitrogens with one attached hydrogen (secondary N) is 1. The molecule has 3 N–H and O–H groups in total. The molecule has 1 aliphatic carbocycles. The molecule has 1 aromatic carbocycles. The van der Waals surface area contributed by atoms with Crippen LogP contribution in [0, 0.1) is 12.3 Å². The number of phenolic OH excluding ortho intramolecular Hbond substituents is 1. The van der Waals surface area contributed by atoms with E-state index in [0.717, 1.165) is 25.7 Å². The fraction of sp³-hybridized carbons (Fsp3) is 0.500. The molecule has 0 atom stereocenters. The molecule has 1 aliphatic rings. The van der Waals surface area contributed by atoms with Crippen LogP contribution in [0.5, 0.6) is 5.75 Å². The molecule has 0 unspecified atom stereocenters. The number of aliphatic carboxylic acids is 1. The van der Waals surface area contributed by atoms with Gasteiger partial charge in [0.1, 0.15) is 5.75 Å². The van der Waals surface area contributed by atoms with E-state index in [9.17, 15) is 14.7 Å². The Bertz CT molecular complexity index is 547. The zero-order valence-electron chi connectivity index (χ0n) is 12.2. The van der Waals surface area contributed by atoms with Crippen LogP contribution in [0.1, 0.15) is 44.1 Å². The number of phenols is 1. The van der Waals surface area contributed by atoms with E-state index >= 15 is 0 Å². The van der Waals surface area contributed by atoms with Crippen LogP contribution in [0.3, 0.4) is 0 Å². The predicted octanol–water partition coefficient (Wildman–Crippen LogP) is 3.06. The molecule has 21 heavy (non-hydrogen) atoms. The maximum absolute atomic E-state index is 12.2. The van der Waals surface area contributed by atoms with Gasteiger partial charge in [0.25, 0.3) is 0 Å². The number of hydrogen-bond donors (Lipinski definition) is 3. The van der Waals surface area contributed by atoms with Crippen LogP contribution in [-0.2, 0) is 9.59 Å². The van der Waals surface area contributed by atoms with Crippen LogP contribution in [0.25, 0.3) is 0 Å². The lowest BCUT2D eigenvalue weighted by Gasteiger charge is -2.26. The number of carbonyl (C=O) groups excluding carboxylic acids is 1. The number of amides is 1. The molecule has 1 amide bonds. The first kappa shape index (κ1) is 15.4. The van der Waals surface area contributed by atoms with E-state index in [1.54, 1.807) is 19.1 Å². The molecule has 0 heterocycles. The first-order chi connectivity index (χ1) is 9.90. The van der Waals surface area contributed by atoms with Gasteiger partial charge in [0, 0.05) is 12.1 Å². The quantitative estimate of drug-likeness (QED) is 0.728. The summed E-state index contributed by atoms with van der Waals surface area (Å²) in [6, 6.07) is 4.87. The highest BCUT2D eigenvalue weighted by Gasteiger charge is 2.37. The summed E-state index contributed by atoms with van der Waals surface area (Å²) in [5.74, 6) is -0.820. The number of anilines is 1. The summed E-state index contributed by atoms with van der Waals surface area (Å²) in [5, 5.41) is 21.3. The van der Waals surface area contributed by atoms with E-state index in [0.29, 0.717) is 11.3 Å². The molecule has 1 fully saturated rings. The van der Waals surface area contributed by atoms with Gasteiger partial charge in [-0.1, -0.05) is 12.8 Å². The van der Waals surface area contributed by atoms with Crippen LogP contribution >= 0.6 is 0 Å². The van der Waals surface area contributed by atoms with Crippen molar-refractivity contribution in [2.75, 3.05) is 5.32 Å². The van der Waals surface area contributed by atoms with E-state index in [1.807, 2.05) is 0 Å². The zero-order chi connectivity index (χ0) is 15.5. The molecule has 0 aromatic heterocycles. The molecule has 5 heteroatoms. The minimum Gasteiger partial charge on any atom is -0.508 e. The highest BCUT2D eigenvalue weighted by Crippen LogP contribution is 2.44. The monoisotopic (exact) mass is 291 g/mol. The third kappa shape index (κ3) is 3.97. The van der Waals surface area contributed by atoms with Crippen molar-refractivity contribution in [2.45, 2.75) is 45.4 Å². The van der Waals surface area contributed by atoms with E-state index in [-0.39, 0.29) is 24.5 Å². The zero-order valence-corrected chi connectivity index (χ0v) is 12.2. The Morgan fingerprint density at radius 3 is 2.48 bits per heavy atom. The lowest BCUT2D eigenvalue weighted by atomic mass is 9.79. The van der Waals surface area contributed by atoms with Gasteiger partial charge in [0.05, 0.1) is 6.42 Å². The number of rotatable bonds is 5. The Kier molecular flexibility index (Phi) is 4.50. The number of carboxylic acid groups (broad SMARTS) is 1. The molecule has 5 nitrogen and oxygen atoms in total. The molecule has 0 radical (unpaired) electrons. The molecule has 0 saturated heterocycles. The van der Waals surface area contributed by atoms with Gasteiger partial charge in [-0.15, -0.1) is 0 Å². The van der Waals surface area contributed by atoms with Crippen molar-refractivity contribution in [3.05, 3.63) is 23.8 Å². The summed E-state index contributed by atoms with van der Waals surface area (Å²) < 4.78 is 0. The number of aromatic hydroxyl groups is 1.